The summed E-state index contributed by atoms with van der Waals surface area (Å²) in [5, 5.41) is 0. The van der Waals surface area contributed by atoms with E-state index < -0.39 is 5.92 Å². The number of hydrogen-bond donors (Lipinski definition) is 1. The van der Waals surface area contributed by atoms with Gasteiger partial charge in [0.05, 0.1) is 5.69 Å². The Morgan fingerprint density at radius 3 is 2.53 bits per heavy atom. The first kappa shape index (κ1) is 20.5. The van der Waals surface area contributed by atoms with Gasteiger partial charge in [-0.2, -0.15) is 0 Å². The van der Waals surface area contributed by atoms with E-state index >= 15 is 0 Å². The Labute approximate surface area is 175 Å². The monoisotopic (exact) mass is 411 g/mol. The van der Waals surface area contributed by atoms with Gasteiger partial charge < -0.3 is 9.72 Å². The predicted molar refractivity (Wildman–Crippen MR) is 113 cm³/mol. The van der Waals surface area contributed by atoms with E-state index in [0.29, 0.717) is 19.4 Å². The minimum absolute atomic E-state index is 0.0612. The molecule has 0 aliphatic heterocycles. The molecule has 0 amide bonds. The van der Waals surface area contributed by atoms with Crippen molar-refractivity contribution in [2.45, 2.75) is 64.9 Å². The SMILES string of the molecule is Cc1ccc(COc2ccc(-c3nc(C4CCC(F)(F)CC4)[nH]c3C)c(C)c2)cn1. The molecule has 0 saturated heterocycles. The van der Waals surface area contributed by atoms with Crippen LogP contribution in [0, 0.1) is 20.8 Å². The summed E-state index contributed by atoms with van der Waals surface area (Å²) in [4.78, 5) is 12.4. The lowest BCUT2D eigenvalue weighted by molar-refractivity contribution is -0.0387. The zero-order valence-electron chi connectivity index (χ0n) is 17.6. The fraction of sp³-hybridized carbons (Fsp3) is 0.417. The zero-order valence-corrected chi connectivity index (χ0v) is 17.6. The van der Waals surface area contributed by atoms with Gasteiger partial charge in [0.25, 0.3) is 0 Å². The molecule has 30 heavy (non-hydrogen) atoms. The van der Waals surface area contributed by atoms with Crippen molar-refractivity contribution in [3.63, 3.8) is 0 Å². The molecule has 0 radical (unpaired) electrons. The number of benzene rings is 1. The van der Waals surface area contributed by atoms with Gasteiger partial charge in [0.2, 0.25) is 5.92 Å². The number of pyridine rings is 1. The first-order chi connectivity index (χ1) is 14.3. The van der Waals surface area contributed by atoms with Crippen LogP contribution in [-0.4, -0.2) is 20.9 Å². The smallest absolute Gasteiger partial charge is 0.248 e. The Morgan fingerprint density at radius 1 is 1.10 bits per heavy atom. The van der Waals surface area contributed by atoms with Crippen molar-refractivity contribution in [2.75, 3.05) is 0 Å². The Hall–Kier alpha value is -2.76. The average Bonchev–Trinajstić information content (AvgIpc) is 3.09. The molecule has 4 nitrogen and oxygen atoms in total. The number of hydrogen-bond acceptors (Lipinski definition) is 3. The van der Waals surface area contributed by atoms with E-state index in [-0.39, 0.29) is 18.8 Å². The lowest BCUT2D eigenvalue weighted by Gasteiger charge is -2.26. The lowest BCUT2D eigenvalue weighted by atomic mass is 9.86. The summed E-state index contributed by atoms with van der Waals surface area (Å²) in [6.07, 6.45) is 2.65. The molecule has 2 aromatic heterocycles. The fourth-order valence-corrected chi connectivity index (χ4v) is 3.99. The second kappa shape index (κ2) is 8.17. The topological polar surface area (TPSA) is 50.8 Å². The van der Waals surface area contributed by atoms with Gasteiger partial charge in [-0.1, -0.05) is 6.07 Å². The van der Waals surface area contributed by atoms with Crippen molar-refractivity contribution < 1.29 is 13.5 Å². The van der Waals surface area contributed by atoms with Gasteiger partial charge in [0, 0.05) is 47.5 Å². The molecule has 6 heteroatoms. The van der Waals surface area contributed by atoms with Gasteiger partial charge in [-0.25, -0.2) is 13.8 Å². The van der Waals surface area contributed by atoms with Crippen LogP contribution < -0.4 is 4.74 Å². The van der Waals surface area contributed by atoms with E-state index in [1.807, 2.05) is 57.3 Å². The van der Waals surface area contributed by atoms with Gasteiger partial charge in [-0.05, 0) is 63.4 Å². The van der Waals surface area contributed by atoms with Gasteiger partial charge in [-0.3, -0.25) is 4.98 Å². The summed E-state index contributed by atoms with van der Waals surface area (Å²) in [7, 11) is 0. The highest BCUT2D eigenvalue weighted by Crippen LogP contribution is 2.41. The first-order valence-electron chi connectivity index (χ1n) is 10.4. The maximum absolute atomic E-state index is 13.5. The predicted octanol–water partition coefficient (Wildman–Crippen LogP) is 6.27. The van der Waals surface area contributed by atoms with Crippen molar-refractivity contribution in [3.8, 4) is 17.0 Å². The van der Waals surface area contributed by atoms with Crippen LogP contribution in [0.25, 0.3) is 11.3 Å². The maximum Gasteiger partial charge on any atom is 0.248 e. The quantitative estimate of drug-likeness (QED) is 0.538. The largest absolute Gasteiger partial charge is 0.489 e. The van der Waals surface area contributed by atoms with E-state index in [4.69, 9.17) is 9.72 Å². The number of aromatic amines is 1. The normalized spacial score (nSPS) is 16.6. The molecule has 1 saturated carbocycles. The molecule has 1 aliphatic carbocycles. The number of alkyl halides is 2. The summed E-state index contributed by atoms with van der Waals surface area (Å²) in [6, 6.07) is 9.95. The molecule has 0 spiro atoms. The molecule has 1 N–H and O–H groups in total. The molecule has 0 bridgehead atoms. The van der Waals surface area contributed by atoms with E-state index in [9.17, 15) is 8.78 Å². The van der Waals surface area contributed by atoms with Crippen molar-refractivity contribution in [2.24, 2.45) is 0 Å². The van der Waals surface area contributed by atoms with Gasteiger partial charge >= 0.3 is 0 Å². The van der Waals surface area contributed by atoms with Crippen molar-refractivity contribution >= 4 is 0 Å². The highest BCUT2D eigenvalue weighted by molar-refractivity contribution is 5.67. The number of nitrogens with one attached hydrogen (secondary N) is 1. The number of H-pyrrole nitrogens is 1. The molecule has 158 valence electrons. The number of halogens is 2. The third-order valence-electron chi connectivity index (χ3n) is 5.84. The Balaban J connectivity index is 1.48. The average molecular weight is 411 g/mol. The van der Waals surface area contributed by atoms with Crippen LogP contribution in [0.2, 0.25) is 0 Å². The molecule has 0 unspecified atom stereocenters. The highest BCUT2D eigenvalue weighted by Gasteiger charge is 2.36. The van der Waals surface area contributed by atoms with Crippen molar-refractivity contribution in [1.29, 1.82) is 0 Å². The van der Waals surface area contributed by atoms with E-state index in [0.717, 1.165) is 45.3 Å². The Morgan fingerprint density at radius 2 is 1.87 bits per heavy atom. The summed E-state index contributed by atoms with van der Waals surface area (Å²) in [5.41, 5.74) is 5.94. The highest BCUT2D eigenvalue weighted by atomic mass is 19.3. The van der Waals surface area contributed by atoms with Crippen molar-refractivity contribution in [3.05, 3.63) is 64.9 Å². The number of ether oxygens (including phenoxy) is 1. The molecule has 1 aliphatic rings. The number of rotatable bonds is 5. The minimum atomic E-state index is -2.53. The molecule has 3 aromatic rings. The molecule has 1 fully saturated rings. The summed E-state index contributed by atoms with van der Waals surface area (Å²) >= 11 is 0. The number of imidazole rings is 1. The Bertz CT molecular complexity index is 1020. The molecule has 0 atom stereocenters. The molecule has 1 aromatic carbocycles. The third kappa shape index (κ3) is 4.53. The first-order valence-corrected chi connectivity index (χ1v) is 10.4. The van der Waals surface area contributed by atoms with Crippen LogP contribution in [0.1, 0.15) is 59.9 Å². The van der Waals surface area contributed by atoms with Crippen LogP contribution >= 0.6 is 0 Å². The third-order valence-corrected chi connectivity index (χ3v) is 5.84. The zero-order chi connectivity index (χ0) is 21.3. The molecule has 2 heterocycles. The van der Waals surface area contributed by atoms with E-state index in [2.05, 4.69) is 9.97 Å². The minimum Gasteiger partial charge on any atom is -0.489 e. The summed E-state index contributed by atoms with van der Waals surface area (Å²) in [5.74, 6) is -0.838. The summed E-state index contributed by atoms with van der Waals surface area (Å²) in [6.45, 7) is 6.44. The van der Waals surface area contributed by atoms with Crippen LogP contribution in [-0.2, 0) is 6.61 Å². The maximum atomic E-state index is 13.5. The molecular weight excluding hydrogens is 384 g/mol. The van der Waals surface area contributed by atoms with Gasteiger partial charge in [-0.15, -0.1) is 0 Å². The van der Waals surface area contributed by atoms with Crippen LogP contribution in [0.5, 0.6) is 5.75 Å². The lowest BCUT2D eigenvalue weighted by Crippen LogP contribution is -2.24. The Kier molecular flexibility index (Phi) is 5.58. The number of nitrogens with zero attached hydrogens (tertiary/aromatic N) is 2. The van der Waals surface area contributed by atoms with Crippen molar-refractivity contribution in [1.82, 2.24) is 15.0 Å². The second-order valence-corrected chi connectivity index (χ2v) is 8.30. The standard InChI is InChI=1S/C24H27F2N3O/c1-15-12-20(30-14-18-5-4-16(2)27-13-18)6-7-21(15)22-17(3)28-23(29-22)19-8-10-24(25,26)11-9-19/h4-7,12-13,19H,8-11,14H2,1-3H3,(H,28,29). The van der Waals surface area contributed by atoms with E-state index in [1.54, 1.807) is 0 Å². The number of aromatic nitrogens is 3. The number of aryl methyl sites for hydroxylation is 3. The molecule has 4 rings (SSSR count). The van der Waals surface area contributed by atoms with Gasteiger partial charge in [0.15, 0.2) is 0 Å². The van der Waals surface area contributed by atoms with Crippen LogP contribution in [0.15, 0.2) is 36.5 Å². The molecular formula is C24H27F2N3O. The summed E-state index contributed by atoms with van der Waals surface area (Å²) < 4.78 is 32.9. The second-order valence-electron chi connectivity index (χ2n) is 8.30. The van der Waals surface area contributed by atoms with Crippen LogP contribution in [0.4, 0.5) is 8.78 Å². The fourth-order valence-electron chi connectivity index (χ4n) is 3.99. The van der Waals surface area contributed by atoms with Gasteiger partial charge in [0.1, 0.15) is 18.2 Å². The van der Waals surface area contributed by atoms with E-state index in [1.165, 1.54) is 0 Å². The van der Waals surface area contributed by atoms with Crippen LogP contribution in [0.3, 0.4) is 0 Å².